The molecular formula is C19H31F2I. The predicted molar refractivity (Wildman–Crippen MR) is 96.9 cm³/mol. The molecule has 0 amide bonds. The highest BCUT2D eigenvalue weighted by atomic mass is 127. The third kappa shape index (κ3) is 3.80. The highest BCUT2D eigenvalue weighted by Crippen LogP contribution is 2.50. The lowest BCUT2D eigenvalue weighted by molar-refractivity contribution is 0.0354. The van der Waals surface area contributed by atoms with Gasteiger partial charge in [0.1, 0.15) is 12.3 Å². The number of hydrogen-bond donors (Lipinski definition) is 0. The lowest BCUT2D eigenvalue weighted by Crippen LogP contribution is -2.41. The van der Waals surface area contributed by atoms with Crippen LogP contribution in [0.15, 0.2) is 0 Å². The number of halogens is 3. The Hall–Kier alpha value is 0.590. The van der Waals surface area contributed by atoms with Crippen molar-refractivity contribution in [3.05, 3.63) is 0 Å². The largest absolute Gasteiger partial charge is 0.246 e. The van der Waals surface area contributed by atoms with E-state index in [0.717, 1.165) is 17.8 Å². The molecule has 3 aliphatic carbocycles. The molecule has 0 heterocycles. The van der Waals surface area contributed by atoms with Crippen LogP contribution in [0.5, 0.6) is 0 Å². The zero-order valence-corrected chi connectivity index (χ0v) is 16.0. The molecule has 3 saturated carbocycles. The molecule has 0 nitrogen and oxygen atoms in total. The molecule has 0 aliphatic heterocycles. The van der Waals surface area contributed by atoms with Crippen LogP contribution in [-0.4, -0.2) is 16.3 Å². The Bertz CT molecular complexity index is 349. The molecule has 0 radical (unpaired) electrons. The first kappa shape index (κ1) is 17.4. The fourth-order valence-electron chi connectivity index (χ4n) is 5.67. The van der Waals surface area contributed by atoms with Crippen LogP contribution < -0.4 is 0 Å². The topological polar surface area (TPSA) is 0 Å². The summed E-state index contributed by atoms with van der Waals surface area (Å²) < 4.78 is 27.7. The summed E-state index contributed by atoms with van der Waals surface area (Å²) in [6.45, 7) is 2.30. The minimum atomic E-state index is -0.924. The Labute approximate surface area is 148 Å². The first-order chi connectivity index (χ1) is 10.6. The highest BCUT2D eigenvalue weighted by molar-refractivity contribution is 14.1. The predicted octanol–water partition coefficient (Wildman–Crippen LogP) is 6.51. The summed E-state index contributed by atoms with van der Waals surface area (Å²) in [6, 6.07) is 0. The van der Waals surface area contributed by atoms with E-state index >= 15 is 0 Å². The lowest BCUT2D eigenvalue weighted by atomic mass is 9.61. The van der Waals surface area contributed by atoms with Gasteiger partial charge in [-0.3, -0.25) is 0 Å². The third-order valence-corrected chi connectivity index (χ3v) is 8.43. The van der Waals surface area contributed by atoms with E-state index in [1.54, 1.807) is 0 Å². The van der Waals surface area contributed by atoms with Crippen molar-refractivity contribution in [3.8, 4) is 0 Å². The van der Waals surface area contributed by atoms with Gasteiger partial charge in [0, 0.05) is 0 Å². The molecule has 128 valence electrons. The van der Waals surface area contributed by atoms with Gasteiger partial charge in [-0.2, -0.15) is 0 Å². The summed E-state index contributed by atoms with van der Waals surface area (Å²) in [5, 5.41) is 0. The Kier molecular flexibility index (Phi) is 6.06. The number of fused-ring (bicyclic) bond motifs is 1. The summed E-state index contributed by atoms with van der Waals surface area (Å²) in [7, 11) is 0. The molecule has 0 aromatic carbocycles. The van der Waals surface area contributed by atoms with Crippen LogP contribution >= 0.6 is 22.6 Å². The minimum Gasteiger partial charge on any atom is -0.246 e. The van der Waals surface area contributed by atoms with Gasteiger partial charge < -0.3 is 0 Å². The number of rotatable bonds is 3. The summed E-state index contributed by atoms with van der Waals surface area (Å²) in [4.78, 5) is 0. The van der Waals surface area contributed by atoms with Gasteiger partial charge in [0.15, 0.2) is 0 Å². The average molecular weight is 424 g/mol. The first-order valence-corrected chi connectivity index (χ1v) is 10.7. The summed E-state index contributed by atoms with van der Waals surface area (Å²) >= 11 is 1.98. The van der Waals surface area contributed by atoms with Crippen LogP contribution in [0.2, 0.25) is 0 Å². The molecule has 3 fully saturated rings. The molecule has 6 atom stereocenters. The zero-order valence-electron chi connectivity index (χ0n) is 13.8. The van der Waals surface area contributed by atoms with Crippen LogP contribution in [0.25, 0.3) is 0 Å². The second kappa shape index (κ2) is 7.65. The Morgan fingerprint density at radius 2 is 1.32 bits per heavy atom. The smallest absolute Gasteiger partial charge is 0.115 e. The van der Waals surface area contributed by atoms with Crippen molar-refractivity contribution in [2.45, 2.75) is 87.4 Å². The maximum Gasteiger partial charge on any atom is 0.115 e. The van der Waals surface area contributed by atoms with Crippen LogP contribution in [0.4, 0.5) is 8.78 Å². The molecule has 3 heteroatoms. The monoisotopic (exact) mass is 424 g/mol. The van der Waals surface area contributed by atoms with Crippen LogP contribution in [0, 0.1) is 29.6 Å². The maximum atomic E-state index is 14.1. The molecule has 0 aromatic rings. The molecule has 0 spiro atoms. The Morgan fingerprint density at radius 1 is 0.773 bits per heavy atom. The standard InChI is InChI=1S/C19H31F2I/c1-2-3-12-4-5-14-9-15(7-6-13(14)8-12)16-10-17(20)19(22)18(21)11-16/h12-19H,2-11H2,1H3. The maximum absolute atomic E-state index is 14.1. The summed E-state index contributed by atoms with van der Waals surface area (Å²) in [5.74, 6) is 3.66. The van der Waals surface area contributed by atoms with Crippen molar-refractivity contribution in [1.29, 1.82) is 0 Å². The summed E-state index contributed by atoms with van der Waals surface area (Å²) in [5.41, 5.74) is 0. The van der Waals surface area contributed by atoms with E-state index in [-0.39, 0.29) is 0 Å². The summed E-state index contributed by atoms with van der Waals surface area (Å²) in [6.07, 6.45) is 10.2. The molecule has 0 bridgehead atoms. The molecule has 22 heavy (non-hydrogen) atoms. The van der Waals surface area contributed by atoms with Crippen LogP contribution in [-0.2, 0) is 0 Å². The van der Waals surface area contributed by atoms with Gasteiger partial charge in [-0.15, -0.1) is 0 Å². The van der Waals surface area contributed by atoms with Gasteiger partial charge in [-0.1, -0.05) is 48.8 Å². The van der Waals surface area contributed by atoms with Crippen molar-refractivity contribution >= 4 is 22.6 Å². The second-order valence-electron chi connectivity index (χ2n) is 8.27. The van der Waals surface area contributed by atoms with Crippen molar-refractivity contribution in [3.63, 3.8) is 0 Å². The van der Waals surface area contributed by atoms with Gasteiger partial charge >= 0.3 is 0 Å². The first-order valence-electron chi connectivity index (χ1n) is 9.50. The SMILES string of the molecule is CCCC1CCC2CC(C3CC(F)C(I)C(F)C3)CCC2C1. The van der Waals surface area contributed by atoms with Gasteiger partial charge in [-0.05, 0) is 74.5 Å². The van der Waals surface area contributed by atoms with E-state index in [9.17, 15) is 8.78 Å². The van der Waals surface area contributed by atoms with Crippen molar-refractivity contribution in [1.82, 2.24) is 0 Å². The molecule has 3 aliphatic rings. The Balaban J connectivity index is 1.54. The second-order valence-corrected chi connectivity index (χ2v) is 9.71. The quantitative estimate of drug-likeness (QED) is 0.358. The van der Waals surface area contributed by atoms with Crippen molar-refractivity contribution in [2.75, 3.05) is 0 Å². The fraction of sp³-hybridized carbons (Fsp3) is 1.00. The van der Waals surface area contributed by atoms with Gasteiger partial charge in [-0.25, -0.2) is 8.78 Å². The van der Waals surface area contributed by atoms with Crippen LogP contribution in [0.1, 0.15) is 71.1 Å². The molecule has 6 unspecified atom stereocenters. The molecule has 0 N–H and O–H groups in total. The molecule has 3 rings (SSSR count). The highest BCUT2D eigenvalue weighted by Gasteiger charge is 2.43. The lowest BCUT2D eigenvalue weighted by Gasteiger charge is -2.46. The third-order valence-electron chi connectivity index (χ3n) is 6.87. The van der Waals surface area contributed by atoms with Gasteiger partial charge in [0.25, 0.3) is 0 Å². The average Bonchev–Trinajstić information content (AvgIpc) is 2.52. The fourth-order valence-corrected chi connectivity index (χ4v) is 6.25. The minimum absolute atomic E-state index is 0.310. The Morgan fingerprint density at radius 3 is 1.95 bits per heavy atom. The van der Waals surface area contributed by atoms with E-state index < -0.39 is 16.3 Å². The normalized spacial score (nSPS) is 49.6. The van der Waals surface area contributed by atoms with Crippen molar-refractivity contribution in [2.24, 2.45) is 29.6 Å². The van der Waals surface area contributed by atoms with E-state index in [2.05, 4.69) is 6.92 Å². The van der Waals surface area contributed by atoms with Gasteiger partial charge in [0.2, 0.25) is 0 Å². The number of alkyl halides is 3. The van der Waals surface area contributed by atoms with E-state index in [4.69, 9.17) is 0 Å². The molecular weight excluding hydrogens is 393 g/mol. The van der Waals surface area contributed by atoms with E-state index in [1.807, 2.05) is 22.6 Å². The van der Waals surface area contributed by atoms with Crippen molar-refractivity contribution < 1.29 is 8.78 Å². The van der Waals surface area contributed by atoms with E-state index in [0.29, 0.717) is 24.7 Å². The van der Waals surface area contributed by atoms with Crippen LogP contribution in [0.3, 0.4) is 0 Å². The zero-order chi connectivity index (χ0) is 15.7. The van der Waals surface area contributed by atoms with Gasteiger partial charge in [0.05, 0.1) is 3.92 Å². The molecule has 0 aromatic heterocycles. The number of hydrogen-bond acceptors (Lipinski definition) is 0. The van der Waals surface area contributed by atoms with E-state index in [1.165, 1.54) is 51.4 Å². The molecule has 0 saturated heterocycles.